The summed E-state index contributed by atoms with van der Waals surface area (Å²) in [5.74, 6) is -6.56. The molecule has 0 radical (unpaired) electrons. The van der Waals surface area contributed by atoms with E-state index in [0.29, 0.717) is 12.1 Å². The zero-order chi connectivity index (χ0) is 15.8. The van der Waals surface area contributed by atoms with E-state index >= 15 is 0 Å². The highest BCUT2D eigenvalue weighted by Gasteiger charge is 2.35. The van der Waals surface area contributed by atoms with E-state index in [9.17, 15) is 26.3 Å². The van der Waals surface area contributed by atoms with Gasteiger partial charge in [0.1, 0.15) is 23.1 Å². The molecule has 0 atom stereocenters. The normalized spacial score (nSPS) is 11.5. The van der Waals surface area contributed by atoms with Crippen molar-refractivity contribution in [3.8, 4) is 0 Å². The highest BCUT2D eigenvalue weighted by Crippen LogP contribution is 2.29. The monoisotopic (exact) mass is 308 g/mol. The number of alkyl halides is 3. The van der Waals surface area contributed by atoms with Crippen molar-refractivity contribution in [1.82, 2.24) is 9.97 Å². The van der Waals surface area contributed by atoms with Crippen LogP contribution in [0.4, 0.5) is 43.7 Å². The van der Waals surface area contributed by atoms with Crippen LogP contribution >= 0.6 is 0 Å². The summed E-state index contributed by atoms with van der Waals surface area (Å²) in [4.78, 5) is 6.01. The van der Waals surface area contributed by atoms with Crippen molar-refractivity contribution in [2.45, 2.75) is 6.18 Å². The SMILES string of the molecule is Nc1cc(Nc2c(F)cc(F)cc2F)nc(C(F)(F)F)n1. The zero-order valence-corrected chi connectivity index (χ0v) is 9.97. The summed E-state index contributed by atoms with van der Waals surface area (Å²) in [6.07, 6.45) is -4.88. The third kappa shape index (κ3) is 3.33. The molecule has 1 aromatic heterocycles. The smallest absolute Gasteiger partial charge is 0.384 e. The second-order valence-electron chi connectivity index (χ2n) is 3.87. The number of rotatable bonds is 2. The second-order valence-corrected chi connectivity index (χ2v) is 3.87. The maximum atomic E-state index is 13.4. The van der Waals surface area contributed by atoms with Gasteiger partial charge in [-0.25, -0.2) is 23.1 Å². The number of halogens is 6. The van der Waals surface area contributed by atoms with E-state index in [-0.39, 0.29) is 0 Å². The summed E-state index contributed by atoms with van der Waals surface area (Å²) in [5, 5.41) is 1.97. The number of hydrogen-bond donors (Lipinski definition) is 2. The minimum Gasteiger partial charge on any atom is -0.384 e. The molecule has 10 heteroatoms. The fourth-order valence-corrected chi connectivity index (χ4v) is 1.45. The van der Waals surface area contributed by atoms with Crippen LogP contribution in [0.3, 0.4) is 0 Å². The van der Waals surface area contributed by atoms with Crippen LogP contribution in [0.15, 0.2) is 18.2 Å². The Hall–Kier alpha value is -2.52. The van der Waals surface area contributed by atoms with Gasteiger partial charge in [-0.15, -0.1) is 0 Å². The van der Waals surface area contributed by atoms with E-state index in [1.807, 2.05) is 5.32 Å². The molecular weight excluding hydrogens is 302 g/mol. The van der Waals surface area contributed by atoms with E-state index < -0.39 is 46.8 Å². The lowest BCUT2D eigenvalue weighted by Gasteiger charge is -2.11. The van der Waals surface area contributed by atoms with Gasteiger partial charge >= 0.3 is 6.18 Å². The van der Waals surface area contributed by atoms with Gasteiger partial charge in [0.15, 0.2) is 11.6 Å². The summed E-state index contributed by atoms with van der Waals surface area (Å²) >= 11 is 0. The Labute approximate surface area is 113 Å². The lowest BCUT2D eigenvalue weighted by Crippen LogP contribution is -2.14. The van der Waals surface area contributed by atoms with E-state index in [0.717, 1.165) is 6.07 Å². The van der Waals surface area contributed by atoms with Crippen molar-refractivity contribution in [3.63, 3.8) is 0 Å². The van der Waals surface area contributed by atoms with Crippen molar-refractivity contribution in [3.05, 3.63) is 41.5 Å². The first-order valence-electron chi connectivity index (χ1n) is 5.30. The molecule has 0 unspecified atom stereocenters. The van der Waals surface area contributed by atoms with Crippen LogP contribution < -0.4 is 11.1 Å². The van der Waals surface area contributed by atoms with Gasteiger partial charge in [0.25, 0.3) is 0 Å². The first-order valence-corrected chi connectivity index (χ1v) is 5.30. The Morgan fingerprint density at radius 1 is 0.952 bits per heavy atom. The maximum absolute atomic E-state index is 13.4. The third-order valence-corrected chi connectivity index (χ3v) is 2.26. The van der Waals surface area contributed by atoms with Gasteiger partial charge in [-0.05, 0) is 0 Å². The number of nitrogen functional groups attached to an aromatic ring is 1. The van der Waals surface area contributed by atoms with Gasteiger partial charge in [-0.2, -0.15) is 13.2 Å². The van der Waals surface area contributed by atoms with E-state index in [1.165, 1.54) is 0 Å². The van der Waals surface area contributed by atoms with Crippen molar-refractivity contribution in [2.24, 2.45) is 0 Å². The Balaban J connectivity index is 2.43. The minimum atomic E-state index is -4.88. The molecule has 0 bridgehead atoms. The number of nitrogens with two attached hydrogens (primary N) is 1. The number of nitrogens with one attached hydrogen (secondary N) is 1. The Morgan fingerprint density at radius 3 is 2.05 bits per heavy atom. The van der Waals surface area contributed by atoms with Gasteiger partial charge in [-0.3, -0.25) is 0 Å². The molecule has 0 aliphatic rings. The average Bonchev–Trinajstić information content (AvgIpc) is 2.32. The fourth-order valence-electron chi connectivity index (χ4n) is 1.45. The molecule has 0 spiro atoms. The largest absolute Gasteiger partial charge is 0.451 e. The van der Waals surface area contributed by atoms with Gasteiger partial charge in [0.05, 0.1) is 0 Å². The van der Waals surface area contributed by atoms with Crippen molar-refractivity contribution in [1.29, 1.82) is 0 Å². The Bertz CT molecular complexity index is 662. The molecule has 112 valence electrons. The molecule has 0 aliphatic heterocycles. The quantitative estimate of drug-likeness (QED) is 0.836. The summed E-state index contributed by atoms with van der Waals surface area (Å²) < 4.78 is 77.0. The highest BCUT2D eigenvalue weighted by atomic mass is 19.4. The van der Waals surface area contributed by atoms with Gasteiger partial charge in [0, 0.05) is 18.2 Å². The number of nitrogens with zero attached hydrogens (tertiary/aromatic N) is 2. The fraction of sp³-hybridized carbons (Fsp3) is 0.0909. The molecule has 4 nitrogen and oxygen atoms in total. The first-order chi connectivity index (χ1) is 9.66. The molecule has 0 saturated carbocycles. The van der Waals surface area contributed by atoms with Crippen LogP contribution in [0.5, 0.6) is 0 Å². The standard InChI is InChI=1S/C11H6F6N4/c12-4-1-5(13)9(6(14)2-4)20-8-3-7(18)19-10(21-8)11(15,16)17/h1-3H,(H3,18,19,20,21). The molecule has 0 amide bonds. The summed E-state index contributed by atoms with van der Waals surface area (Å²) in [5.41, 5.74) is 4.31. The molecule has 1 heterocycles. The van der Waals surface area contributed by atoms with Crippen LogP contribution in [0, 0.1) is 17.5 Å². The van der Waals surface area contributed by atoms with Crippen LogP contribution in [0.25, 0.3) is 0 Å². The number of anilines is 3. The molecule has 0 aliphatic carbocycles. The molecule has 2 rings (SSSR count). The summed E-state index contributed by atoms with van der Waals surface area (Å²) in [7, 11) is 0. The number of benzene rings is 1. The zero-order valence-electron chi connectivity index (χ0n) is 9.97. The third-order valence-electron chi connectivity index (χ3n) is 2.26. The number of aromatic nitrogens is 2. The molecule has 3 N–H and O–H groups in total. The molecule has 0 saturated heterocycles. The van der Waals surface area contributed by atoms with Gasteiger partial charge < -0.3 is 11.1 Å². The molecular formula is C11H6F6N4. The molecule has 1 aromatic carbocycles. The number of hydrogen-bond acceptors (Lipinski definition) is 4. The van der Waals surface area contributed by atoms with E-state index in [2.05, 4.69) is 9.97 Å². The van der Waals surface area contributed by atoms with Crippen LogP contribution in [0.2, 0.25) is 0 Å². The molecule has 0 fully saturated rings. The summed E-state index contributed by atoms with van der Waals surface area (Å²) in [6.45, 7) is 0. The highest BCUT2D eigenvalue weighted by molar-refractivity contribution is 5.59. The van der Waals surface area contributed by atoms with Crippen LogP contribution in [-0.2, 0) is 6.18 Å². The molecule has 21 heavy (non-hydrogen) atoms. The second kappa shape index (κ2) is 5.11. The topological polar surface area (TPSA) is 63.8 Å². The first kappa shape index (κ1) is 14.9. The van der Waals surface area contributed by atoms with Crippen molar-refractivity contribution >= 4 is 17.3 Å². The average molecular weight is 308 g/mol. The van der Waals surface area contributed by atoms with Gasteiger partial charge in [-0.1, -0.05) is 0 Å². The van der Waals surface area contributed by atoms with Gasteiger partial charge in [0.2, 0.25) is 5.82 Å². The van der Waals surface area contributed by atoms with E-state index in [4.69, 9.17) is 5.73 Å². The predicted octanol–water partition coefficient (Wildman–Crippen LogP) is 3.24. The maximum Gasteiger partial charge on any atom is 0.451 e. The minimum absolute atomic E-state index is 0.362. The molecule has 2 aromatic rings. The summed E-state index contributed by atoms with van der Waals surface area (Å²) in [6, 6.07) is 1.57. The van der Waals surface area contributed by atoms with E-state index in [1.54, 1.807) is 0 Å². The van der Waals surface area contributed by atoms with Crippen LogP contribution in [0.1, 0.15) is 5.82 Å². The van der Waals surface area contributed by atoms with Crippen LogP contribution in [-0.4, -0.2) is 9.97 Å². The van der Waals surface area contributed by atoms with Crippen molar-refractivity contribution < 1.29 is 26.3 Å². The lowest BCUT2D eigenvalue weighted by molar-refractivity contribution is -0.144. The Morgan fingerprint density at radius 2 is 1.52 bits per heavy atom. The van der Waals surface area contributed by atoms with Crippen molar-refractivity contribution in [2.75, 3.05) is 11.1 Å². The Kier molecular flexibility index (Phi) is 3.62. The lowest BCUT2D eigenvalue weighted by atomic mass is 10.2. The predicted molar refractivity (Wildman–Crippen MR) is 61.0 cm³/mol.